The number of benzene rings is 1. The van der Waals surface area contributed by atoms with E-state index in [1.807, 2.05) is 6.92 Å². The Balaban J connectivity index is 2.02. The molecule has 0 bridgehead atoms. The van der Waals surface area contributed by atoms with Gasteiger partial charge in [0.25, 0.3) is 5.91 Å². The molecule has 1 aromatic carbocycles. The van der Waals surface area contributed by atoms with Gasteiger partial charge < -0.3 is 14.8 Å². The molecule has 1 saturated heterocycles. The van der Waals surface area contributed by atoms with Crippen LogP contribution in [0.15, 0.2) is 41.5 Å². The maximum atomic E-state index is 13.5. The van der Waals surface area contributed by atoms with E-state index < -0.39 is 17.5 Å². The van der Waals surface area contributed by atoms with Crippen molar-refractivity contribution in [2.24, 2.45) is 0 Å². The second-order valence-corrected chi connectivity index (χ2v) is 7.82. The van der Waals surface area contributed by atoms with Gasteiger partial charge in [0.1, 0.15) is 0 Å². The lowest BCUT2D eigenvalue weighted by atomic mass is 9.81. The van der Waals surface area contributed by atoms with E-state index >= 15 is 0 Å². The third kappa shape index (κ3) is 2.64. The molecule has 3 atom stereocenters. The van der Waals surface area contributed by atoms with Gasteiger partial charge in [-0.3, -0.25) is 9.69 Å². The zero-order valence-corrected chi connectivity index (χ0v) is 17.1. The Kier molecular flexibility index (Phi) is 4.75. The van der Waals surface area contributed by atoms with Crippen molar-refractivity contribution in [3.8, 4) is 0 Å². The molecule has 0 radical (unpaired) electrons. The zero-order valence-electron chi connectivity index (χ0n) is 16.3. The van der Waals surface area contributed by atoms with Crippen LogP contribution >= 0.6 is 11.6 Å². The van der Waals surface area contributed by atoms with Crippen molar-refractivity contribution in [1.82, 2.24) is 4.90 Å². The molecule has 1 aromatic rings. The molecule has 1 N–H and O–H groups in total. The molecule has 7 nitrogen and oxygen atoms in total. The number of fused-ring (bicyclic) bond motifs is 4. The van der Waals surface area contributed by atoms with Crippen molar-refractivity contribution in [1.29, 1.82) is 0 Å². The Morgan fingerprint density at radius 3 is 2.72 bits per heavy atom. The highest BCUT2D eigenvalue weighted by Gasteiger charge is 2.65. The topological polar surface area (TPSA) is 84.9 Å². The minimum Gasteiger partial charge on any atom is -0.466 e. The van der Waals surface area contributed by atoms with Crippen molar-refractivity contribution in [2.75, 3.05) is 19.5 Å². The van der Waals surface area contributed by atoms with Crippen LogP contribution in [0.5, 0.6) is 0 Å². The predicted molar refractivity (Wildman–Crippen MR) is 106 cm³/mol. The van der Waals surface area contributed by atoms with Crippen molar-refractivity contribution >= 4 is 35.1 Å². The van der Waals surface area contributed by atoms with Gasteiger partial charge in [0.05, 0.1) is 19.8 Å². The van der Waals surface area contributed by atoms with Crippen molar-refractivity contribution in [2.45, 2.75) is 37.4 Å². The first-order chi connectivity index (χ1) is 13.9. The summed E-state index contributed by atoms with van der Waals surface area (Å²) in [6.07, 6.45) is 4.45. The first kappa shape index (κ1) is 19.7. The Morgan fingerprint density at radius 2 is 2.03 bits per heavy atom. The quantitative estimate of drug-likeness (QED) is 0.602. The minimum atomic E-state index is -1.33. The van der Waals surface area contributed by atoms with Gasteiger partial charge in [-0.25, -0.2) is 9.59 Å². The molecule has 8 heteroatoms. The van der Waals surface area contributed by atoms with Crippen LogP contribution in [0.25, 0.3) is 0 Å². The zero-order chi connectivity index (χ0) is 20.9. The molecule has 29 heavy (non-hydrogen) atoms. The average molecular weight is 417 g/mol. The molecule has 3 unspecified atom stereocenters. The SMILES string of the molecule is COC(=O)/C=C/C1=C(C(=O)OC)C2(C(=O)Nc3cc(Cl)ccc32)N2C(C)CCC12. The van der Waals surface area contributed by atoms with E-state index in [-0.39, 0.29) is 23.6 Å². The molecule has 3 aliphatic rings. The number of anilines is 1. The second kappa shape index (κ2) is 7.00. The summed E-state index contributed by atoms with van der Waals surface area (Å²) in [6.45, 7) is 2.03. The number of halogens is 1. The second-order valence-electron chi connectivity index (χ2n) is 7.38. The molecule has 1 amide bonds. The molecule has 4 rings (SSSR count). The number of rotatable bonds is 3. The number of esters is 2. The smallest absolute Gasteiger partial charge is 0.336 e. The summed E-state index contributed by atoms with van der Waals surface area (Å²) >= 11 is 6.13. The maximum Gasteiger partial charge on any atom is 0.336 e. The molecule has 0 aromatic heterocycles. The van der Waals surface area contributed by atoms with Crippen LogP contribution < -0.4 is 5.32 Å². The molecule has 0 saturated carbocycles. The first-order valence-electron chi connectivity index (χ1n) is 9.35. The highest BCUT2D eigenvalue weighted by Crippen LogP contribution is 2.57. The van der Waals surface area contributed by atoms with Gasteiger partial charge in [0.15, 0.2) is 5.54 Å². The van der Waals surface area contributed by atoms with E-state index in [9.17, 15) is 14.4 Å². The van der Waals surface area contributed by atoms with E-state index in [0.29, 0.717) is 21.8 Å². The first-order valence-corrected chi connectivity index (χ1v) is 9.73. The minimum absolute atomic E-state index is 0.0380. The van der Waals surface area contributed by atoms with Gasteiger partial charge in [-0.15, -0.1) is 0 Å². The predicted octanol–water partition coefficient (Wildman–Crippen LogP) is 2.55. The van der Waals surface area contributed by atoms with Gasteiger partial charge in [-0.2, -0.15) is 0 Å². The lowest BCUT2D eigenvalue weighted by Gasteiger charge is -2.38. The van der Waals surface area contributed by atoms with Crippen LogP contribution in [0.1, 0.15) is 25.3 Å². The largest absolute Gasteiger partial charge is 0.466 e. The normalized spacial score (nSPS) is 28.1. The number of carbonyl (C=O) groups excluding carboxylic acids is 3. The number of nitrogens with zero attached hydrogens (tertiary/aromatic N) is 1. The summed E-state index contributed by atoms with van der Waals surface area (Å²) in [5, 5.41) is 3.37. The third-order valence-electron chi connectivity index (χ3n) is 6.00. The summed E-state index contributed by atoms with van der Waals surface area (Å²) < 4.78 is 9.79. The van der Waals surface area contributed by atoms with Gasteiger partial charge in [-0.1, -0.05) is 17.7 Å². The molecule has 0 aliphatic carbocycles. The summed E-state index contributed by atoms with van der Waals surface area (Å²) in [6, 6.07) is 4.99. The van der Waals surface area contributed by atoms with Crippen LogP contribution in [0, 0.1) is 0 Å². The van der Waals surface area contributed by atoms with Gasteiger partial charge in [0, 0.05) is 34.4 Å². The molecule has 3 aliphatic heterocycles. The fourth-order valence-electron chi connectivity index (χ4n) is 4.92. The number of hydrogen-bond acceptors (Lipinski definition) is 6. The third-order valence-corrected chi connectivity index (χ3v) is 6.24. The van der Waals surface area contributed by atoms with Crippen molar-refractivity contribution in [3.63, 3.8) is 0 Å². The number of methoxy groups -OCH3 is 2. The van der Waals surface area contributed by atoms with E-state index in [0.717, 1.165) is 12.8 Å². The molecule has 152 valence electrons. The Morgan fingerprint density at radius 1 is 1.28 bits per heavy atom. The molecule has 1 spiro atoms. The highest BCUT2D eigenvalue weighted by atomic mass is 35.5. The standard InChI is InChI=1S/C21H21ClN2O5/c1-11-4-8-16-13(6-9-17(25)28-2)18(19(26)29-3)21(24(11)16)14-7-5-12(22)10-15(14)23-20(21)27/h5-7,9-11,16H,4,8H2,1-3H3,(H,23,27)/b9-6+. The number of ether oxygens (including phenoxy) is 2. The summed E-state index contributed by atoms with van der Waals surface area (Å²) in [4.78, 5) is 40.3. The maximum absolute atomic E-state index is 13.5. The Hall–Kier alpha value is -2.64. The molecule has 1 fully saturated rings. The summed E-state index contributed by atoms with van der Waals surface area (Å²) in [7, 11) is 2.57. The van der Waals surface area contributed by atoms with Gasteiger partial charge >= 0.3 is 11.9 Å². The Labute approximate surface area is 173 Å². The fourth-order valence-corrected chi connectivity index (χ4v) is 5.09. The lowest BCUT2D eigenvalue weighted by Crippen LogP contribution is -2.53. The lowest BCUT2D eigenvalue weighted by molar-refractivity contribution is -0.140. The summed E-state index contributed by atoms with van der Waals surface area (Å²) in [5.41, 5.74) is 0.732. The van der Waals surface area contributed by atoms with E-state index in [2.05, 4.69) is 10.2 Å². The van der Waals surface area contributed by atoms with Crippen LogP contribution in [0.3, 0.4) is 0 Å². The van der Waals surface area contributed by atoms with Gasteiger partial charge in [-0.05, 0) is 43.5 Å². The highest BCUT2D eigenvalue weighted by molar-refractivity contribution is 6.31. The van der Waals surface area contributed by atoms with Crippen LogP contribution in [-0.4, -0.2) is 49.0 Å². The van der Waals surface area contributed by atoms with E-state index in [1.54, 1.807) is 24.3 Å². The monoisotopic (exact) mass is 416 g/mol. The van der Waals surface area contributed by atoms with Crippen LogP contribution in [0.4, 0.5) is 5.69 Å². The fraction of sp³-hybridized carbons (Fsp3) is 0.381. The number of carbonyl (C=O) groups is 3. The van der Waals surface area contributed by atoms with Crippen LogP contribution in [-0.2, 0) is 29.4 Å². The molecule has 3 heterocycles. The Bertz CT molecular complexity index is 985. The van der Waals surface area contributed by atoms with Crippen LogP contribution in [0.2, 0.25) is 5.02 Å². The van der Waals surface area contributed by atoms with Crippen molar-refractivity contribution in [3.05, 3.63) is 52.1 Å². The van der Waals surface area contributed by atoms with E-state index in [4.69, 9.17) is 21.1 Å². The number of amides is 1. The molecular formula is C21H21ClN2O5. The number of hydrogen-bond donors (Lipinski definition) is 1. The molecular weight excluding hydrogens is 396 g/mol. The van der Waals surface area contributed by atoms with E-state index in [1.165, 1.54) is 20.3 Å². The summed E-state index contributed by atoms with van der Waals surface area (Å²) in [5.74, 6) is -1.47. The average Bonchev–Trinajstić information content (AvgIpc) is 3.31. The van der Waals surface area contributed by atoms with Gasteiger partial charge in [0.2, 0.25) is 0 Å². The number of nitrogens with one attached hydrogen (secondary N) is 1. The van der Waals surface area contributed by atoms with Crippen molar-refractivity contribution < 1.29 is 23.9 Å².